The van der Waals surface area contributed by atoms with Crippen LogP contribution in [0.25, 0.3) is 0 Å². The smallest absolute Gasteiger partial charge is 0.269 e. The fraction of sp³-hybridized carbons (Fsp3) is 0.286. The fourth-order valence-electron chi connectivity index (χ4n) is 3.15. The molecular formula is C21H22FN3O3. The van der Waals surface area contributed by atoms with Crippen LogP contribution in [0.1, 0.15) is 39.1 Å². The zero-order valence-electron chi connectivity index (χ0n) is 15.6. The number of halogens is 1. The number of nitrogens with one attached hydrogen (secondary N) is 2. The van der Waals surface area contributed by atoms with Crippen LogP contribution in [0.4, 0.5) is 4.39 Å². The number of benzene rings is 2. The number of piperidine rings is 1. The van der Waals surface area contributed by atoms with E-state index in [1.54, 1.807) is 17.0 Å². The van der Waals surface area contributed by atoms with Gasteiger partial charge in [0.25, 0.3) is 11.8 Å². The van der Waals surface area contributed by atoms with Gasteiger partial charge < -0.3 is 4.90 Å². The van der Waals surface area contributed by atoms with Gasteiger partial charge in [0, 0.05) is 24.2 Å². The van der Waals surface area contributed by atoms with Gasteiger partial charge in [0.2, 0.25) is 5.91 Å². The molecular weight excluding hydrogens is 361 g/mol. The molecule has 146 valence electrons. The van der Waals surface area contributed by atoms with Crippen molar-refractivity contribution in [3.05, 3.63) is 71.0 Å². The van der Waals surface area contributed by atoms with Crippen molar-refractivity contribution in [1.82, 2.24) is 15.8 Å². The van der Waals surface area contributed by atoms with Crippen LogP contribution in [-0.4, -0.2) is 35.7 Å². The summed E-state index contributed by atoms with van der Waals surface area (Å²) in [5, 5.41) is 0. The van der Waals surface area contributed by atoms with Crippen LogP contribution in [-0.2, 0) is 4.79 Å². The number of likely N-dealkylation sites (tertiary alicyclic amines) is 1. The number of hydrogen-bond donors (Lipinski definition) is 2. The molecule has 2 aromatic carbocycles. The predicted octanol–water partition coefficient (Wildman–Crippen LogP) is 2.45. The Kier molecular flexibility index (Phi) is 6.03. The maximum absolute atomic E-state index is 12.9. The van der Waals surface area contributed by atoms with Gasteiger partial charge >= 0.3 is 0 Å². The Bertz CT molecular complexity index is 865. The molecule has 1 aliphatic heterocycles. The van der Waals surface area contributed by atoms with Crippen molar-refractivity contribution in [1.29, 1.82) is 0 Å². The maximum Gasteiger partial charge on any atom is 0.269 e. The molecule has 1 saturated heterocycles. The lowest BCUT2D eigenvalue weighted by atomic mass is 9.96. The normalized spacial score (nSPS) is 16.4. The van der Waals surface area contributed by atoms with Gasteiger partial charge in [0.1, 0.15) is 5.82 Å². The number of aryl methyl sites for hydroxylation is 1. The Balaban J connectivity index is 1.55. The molecule has 0 saturated carbocycles. The molecule has 1 heterocycles. The third kappa shape index (κ3) is 4.73. The van der Waals surface area contributed by atoms with E-state index in [0.29, 0.717) is 31.5 Å². The molecule has 0 radical (unpaired) electrons. The minimum atomic E-state index is -0.531. The highest BCUT2D eigenvalue weighted by Crippen LogP contribution is 2.19. The summed E-state index contributed by atoms with van der Waals surface area (Å²) in [6.07, 6.45) is 1.34. The third-order valence-corrected chi connectivity index (χ3v) is 4.78. The van der Waals surface area contributed by atoms with Gasteiger partial charge in [-0.1, -0.05) is 17.7 Å². The van der Waals surface area contributed by atoms with Crippen LogP contribution in [0.3, 0.4) is 0 Å². The van der Waals surface area contributed by atoms with E-state index in [1.807, 2.05) is 19.1 Å². The van der Waals surface area contributed by atoms with Crippen LogP contribution >= 0.6 is 0 Å². The standard InChI is InChI=1S/C21H22FN3O3/c1-14-4-6-16(7-5-14)21(28)25-12-2-3-17(13-25)20(27)24-23-19(26)15-8-10-18(22)11-9-15/h4-11,17H,2-3,12-13H2,1H3,(H,23,26)(H,24,27). The lowest BCUT2D eigenvalue weighted by Crippen LogP contribution is -2.50. The molecule has 0 spiro atoms. The summed E-state index contributed by atoms with van der Waals surface area (Å²) in [5.41, 5.74) is 6.64. The van der Waals surface area contributed by atoms with Crippen molar-refractivity contribution < 1.29 is 18.8 Å². The molecule has 3 rings (SSSR count). The van der Waals surface area contributed by atoms with Crippen LogP contribution in [0.5, 0.6) is 0 Å². The average molecular weight is 383 g/mol. The summed E-state index contributed by atoms with van der Waals surface area (Å²) in [5.74, 6) is -1.83. The molecule has 7 heteroatoms. The second-order valence-electron chi connectivity index (χ2n) is 6.91. The highest BCUT2D eigenvalue weighted by molar-refractivity contribution is 5.96. The van der Waals surface area contributed by atoms with E-state index >= 15 is 0 Å². The van der Waals surface area contributed by atoms with Crippen molar-refractivity contribution in [2.45, 2.75) is 19.8 Å². The lowest BCUT2D eigenvalue weighted by Gasteiger charge is -2.32. The number of amides is 3. The van der Waals surface area contributed by atoms with E-state index in [-0.39, 0.29) is 17.4 Å². The number of carbonyl (C=O) groups excluding carboxylic acids is 3. The molecule has 0 bridgehead atoms. The van der Waals surface area contributed by atoms with Crippen molar-refractivity contribution in [2.24, 2.45) is 5.92 Å². The van der Waals surface area contributed by atoms with E-state index < -0.39 is 17.6 Å². The molecule has 1 unspecified atom stereocenters. The van der Waals surface area contributed by atoms with E-state index in [9.17, 15) is 18.8 Å². The lowest BCUT2D eigenvalue weighted by molar-refractivity contribution is -0.127. The molecule has 1 atom stereocenters. The molecule has 3 amide bonds. The molecule has 2 N–H and O–H groups in total. The second kappa shape index (κ2) is 8.65. The number of hydrazine groups is 1. The van der Waals surface area contributed by atoms with Gasteiger partial charge in [-0.2, -0.15) is 0 Å². The van der Waals surface area contributed by atoms with Gasteiger partial charge in [0.15, 0.2) is 0 Å². The minimum absolute atomic E-state index is 0.104. The summed E-state index contributed by atoms with van der Waals surface area (Å²) < 4.78 is 12.9. The van der Waals surface area contributed by atoms with Crippen molar-refractivity contribution in [3.8, 4) is 0 Å². The maximum atomic E-state index is 12.9. The molecule has 2 aromatic rings. The summed E-state index contributed by atoms with van der Waals surface area (Å²) in [6.45, 7) is 2.85. The Hall–Kier alpha value is -3.22. The number of rotatable bonds is 3. The highest BCUT2D eigenvalue weighted by Gasteiger charge is 2.29. The quantitative estimate of drug-likeness (QED) is 0.799. The monoisotopic (exact) mass is 383 g/mol. The summed E-state index contributed by atoms with van der Waals surface area (Å²) >= 11 is 0. The summed E-state index contributed by atoms with van der Waals surface area (Å²) in [4.78, 5) is 38.7. The van der Waals surface area contributed by atoms with Crippen molar-refractivity contribution in [2.75, 3.05) is 13.1 Å². The first-order valence-corrected chi connectivity index (χ1v) is 9.16. The first-order valence-electron chi connectivity index (χ1n) is 9.16. The predicted molar refractivity (Wildman–Crippen MR) is 102 cm³/mol. The van der Waals surface area contributed by atoms with Crippen LogP contribution in [0.15, 0.2) is 48.5 Å². The Morgan fingerprint density at radius 1 is 0.964 bits per heavy atom. The first kappa shape index (κ1) is 19.5. The summed E-state index contributed by atoms with van der Waals surface area (Å²) in [6, 6.07) is 12.3. The van der Waals surface area contributed by atoms with Crippen molar-refractivity contribution in [3.63, 3.8) is 0 Å². The molecule has 1 aliphatic rings. The molecule has 1 fully saturated rings. The van der Waals surface area contributed by atoms with E-state index in [1.165, 1.54) is 24.3 Å². The van der Waals surface area contributed by atoms with E-state index in [0.717, 1.165) is 5.56 Å². The molecule has 6 nitrogen and oxygen atoms in total. The Labute approximate surface area is 162 Å². The topological polar surface area (TPSA) is 78.5 Å². The van der Waals surface area contributed by atoms with Crippen LogP contribution in [0, 0.1) is 18.7 Å². The fourth-order valence-corrected chi connectivity index (χ4v) is 3.15. The van der Waals surface area contributed by atoms with Crippen molar-refractivity contribution >= 4 is 17.7 Å². The summed E-state index contributed by atoms with van der Waals surface area (Å²) in [7, 11) is 0. The number of nitrogens with zero attached hydrogens (tertiary/aromatic N) is 1. The third-order valence-electron chi connectivity index (χ3n) is 4.78. The van der Waals surface area contributed by atoms with Gasteiger partial charge in [-0.25, -0.2) is 4.39 Å². The Morgan fingerprint density at radius 2 is 1.61 bits per heavy atom. The van der Waals surface area contributed by atoms with E-state index in [4.69, 9.17) is 0 Å². The molecule has 28 heavy (non-hydrogen) atoms. The van der Waals surface area contributed by atoms with Gasteiger partial charge in [-0.05, 0) is 56.2 Å². The zero-order valence-corrected chi connectivity index (χ0v) is 15.6. The van der Waals surface area contributed by atoms with Gasteiger partial charge in [-0.15, -0.1) is 0 Å². The van der Waals surface area contributed by atoms with Crippen LogP contribution in [0.2, 0.25) is 0 Å². The van der Waals surface area contributed by atoms with E-state index in [2.05, 4.69) is 10.9 Å². The minimum Gasteiger partial charge on any atom is -0.338 e. The number of carbonyl (C=O) groups is 3. The van der Waals surface area contributed by atoms with Crippen LogP contribution < -0.4 is 10.9 Å². The largest absolute Gasteiger partial charge is 0.338 e. The number of hydrogen-bond acceptors (Lipinski definition) is 3. The first-order chi connectivity index (χ1) is 13.4. The highest BCUT2D eigenvalue weighted by atomic mass is 19.1. The van der Waals surface area contributed by atoms with Gasteiger partial charge in [-0.3, -0.25) is 25.2 Å². The second-order valence-corrected chi connectivity index (χ2v) is 6.91. The Morgan fingerprint density at radius 3 is 2.29 bits per heavy atom. The zero-order chi connectivity index (χ0) is 20.1. The molecule has 0 aliphatic carbocycles. The average Bonchev–Trinajstić information content (AvgIpc) is 2.72. The van der Waals surface area contributed by atoms with Gasteiger partial charge in [0.05, 0.1) is 5.92 Å². The SMILES string of the molecule is Cc1ccc(C(=O)N2CCCC(C(=O)NNC(=O)c3ccc(F)cc3)C2)cc1. The molecule has 0 aromatic heterocycles.